The summed E-state index contributed by atoms with van der Waals surface area (Å²) in [4.78, 5) is 0. The average Bonchev–Trinajstić information content (AvgIpc) is 2.37. The first kappa shape index (κ1) is 12.9. The number of nitrogens with one attached hydrogen (secondary N) is 1. The Hall–Kier alpha value is -1.58. The fourth-order valence-corrected chi connectivity index (χ4v) is 2.07. The van der Waals surface area contributed by atoms with Crippen LogP contribution in [0.2, 0.25) is 5.02 Å². The minimum atomic E-state index is -0.282. The number of hydrogen-bond acceptors (Lipinski definition) is 2. The molecule has 18 heavy (non-hydrogen) atoms. The molecule has 0 aromatic heterocycles. The lowest BCUT2D eigenvalue weighted by molar-refractivity contribution is 0.627. The first-order valence-corrected chi connectivity index (χ1v) is 6.05. The maximum Gasteiger partial charge on any atom is 0.125 e. The Kier molecular flexibility index (Phi) is 4.18. The highest BCUT2D eigenvalue weighted by Gasteiger charge is 2.12. The van der Waals surface area contributed by atoms with E-state index in [-0.39, 0.29) is 11.9 Å². The number of hydrogen-bond donors (Lipinski definition) is 2. The fraction of sp³-hybridized carbons (Fsp3) is 0.143. The molecular weight excluding hydrogens is 251 g/mol. The monoisotopic (exact) mass is 264 g/mol. The van der Waals surface area contributed by atoms with Crippen LogP contribution < -0.4 is 11.1 Å². The third-order valence-electron chi connectivity index (χ3n) is 2.68. The molecule has 0 saturated carbocycles. The van der Waals surface area contributed by atoms with Gasteiger partial charge >= 0.3 is 0 Å². The van der Waals surface area contributed by atoms with E-state index in [1.54, 1.807) is 12.1 Å². The summed E-state index contributed by atoms with van der Waals surface area (Å²) >= 11 is 6.13. The smallest absolute Gasteiger partial charge is 0.125 e. The van der Waals surface area contributed by atoms with E-state index >= 15 is 0 Å². The van der Waals surface area contributed by atoms with Gasteiger partial charge in [-0.3, -0.25) is 0 Å². The Morgan fingerprint density at radius 2 is 1.94 bits per heavy atom. The molecule has 1 unspecified atom stereocenters. The zero-order valence-electron chi connectivity index (χ0n) is 9.74. The van der Waals surface area contributed by atoms with Crippen molar-refractivity contribution in [1.82, 2.24) is 0 Å². The predicted molar refractivity (Wildman–Crippen MR) is 73.3 cm³/mol. The van der Waals surface area contributed by atoms with Crippen molar-refractivity contribution in [2.75, 3.05) is 11.9 Å². The normalized spacial score (nSPS) is 12.2. The molecule has 4 heteroatoms. The minimum Gasteiger partial charge on any atom is -0.377 e. The first-order chi connectivity index (χ1) is 8.70. The second kappa shape index (κ2) is 5.85. The molecule has 0 spiro atoms. The molecule has 0 heterocycles. The molecule has 0 amide bonds. The van der Waals surface area contributed by atoms with Gasteiger partial charge in [-0.25, -0.2) is 4.39 Å². The minimum absolute atomic E-state index is 0.138. The molecule has 0 bridgehead atoms. The highest BCUT2D eigenvalue weighted by Crippen LogP contribution is 2.25. The van der Waals surface area contributed by atoms with Gasteiger partial charge < -0.3 is 11.1 Å². The van der Waals surface area contributed by atoms with Crippen molar-refractivity contribution >= 4 is 17.3 Å². The van der Waals surface area contributed by atoms with Gasteiger partial charge in [-0.15, -0.1) is 0 Å². The maximum atomic E-state index is 13.1. The van der Waals surface area contributed by atoms with Crippen LogP contribution in [0, 0.1) is 5.82 Å². The van der Waals surface area contributed by atoms with Gasteiger partial charge in [-0.2, -0.15) is 0 Å². The van der Waals surface area contributed by atoms with E-state index in [4.69, 9.17) is 17.3 Å². The van der Waals surface area contributed by atoms with Gasteiger partial charge in [-0.05, 0) is 29.8 Å². The first-order valence-electron chi connectivity index (χ1n) is 5.67. The molecule has 0 radical (unpaired) electrons. The molecule has 0 saturated heterocycles. The Morgan fingerprint density at radius 1 is 1.17 bits per heavy atom. The SMILES string of the molecule is NCC(Nc1cccc(F)c1)c1ccccc1Cl. The molecule has 2 aromatic rings. The van der Waals surface area contributed by atoms with Crippen LogP contribution in [0.3, 0.4) is 0 Å². The van der Waals surface area contributed by atoms with Crippen LogP contribution >= 0.6 is 11.6 Å². The number of halogens is 2. The van der Waals surface area contributed by atoms with E-state index < -0.39 is 0 Å². The van der Waals surface area contributed by atoms with Gasteiger partial charge in [0, 0.05) is 17.3 Å². The van der Waals surface area contributed by atoms with Crippen LogP contribution in [0.1, 0.15) is 11.6 Å². The van der Waals surface area contributed by atoms with E-state index in [2.05, 4.69) is 5.32 Å². The molecule has 0 aliphatic rings. The summed E-state index contributed by atoms with van der Waals surface area (Å²) in [5, 5.41) is 3.83. The molecule has 2 rings (SSSR count). The second-order valence-electron chi connectivity index (χ2n) is 3.96. The summed E-state index contributed by atoms with van der Waals surface area (Å²) in [5.74, 6) is -0.282. The van der Waals surface area contributed by atoms with Crippen molar-refractivity contribution in [3.63, 3.8) is 0 Å². The second-order valence-corrected chi connectivity index (χ2v) is 4.37. The highest BCUT2D eigenvalue weighted by molar-refractivity contribution is 6.31. The summed E-state index contributed by atoms with van der Waals surface area (Å²) in [7, 11) is 0. The zero-order chi connectivity index (χ0) is 13.0. The summed E-state index contributed by atoms with van der Waals surface area (Å²) in [5.41, 5.74) is 7.34. The average molecular weight is 265 g/mol. The van der Waals surface area contributed by atoms with Gasteiger partial charge in [0.15, 0.2) is 0 Å². The van der Waals surface area contributed by atoms with Crippen molar-refractivity contribution < 1.29 is 4.39 Å². The summed E-state index contributed by atoms with van der Waals surface area (Å²) in [6, 6.07) is 13.6. The lowest BCUT2D eigenvalue weighted by Gasteiger charge is -2.19. The Labute approximate surface area is 111 Å². The van der Waals surface area contributed by atoms with Crippen molar-refractivity contribution in [2.45, 2.75) is 6.04 Å². The summed E-state index contributed by atoms with van der Waals surface area (Å²) in [6.07, 6.45) is 0. The number of anilines is 1. The predicted octanol–water partition coefficient (Wildman–Crippen LogP) is 3.59. The lowest BCUT2D eigenvalue weighted by atomic mass is 10.1. The molecule has 0 fully saturated rings. The van der Waals surface area contributed by atoms with Gasteiger partial charge in [-0.1, -0.05) is 35.9 Å². The van der Waals surface area contributed by atoms with Gasteiger partial charge in [0.1, 0.15) is 5.82 Å². The van der Waals surface area contributed by atoms with E-state index in [0.717, 1.165) is 5.56 Å². The van der Waals surface area contributed by atoms with Gasteiger partial charge in [0.2, 0.25) is 0 Å². The van der Waals surface area contributed by atoms with Crippen molar-refractivity contribution in [1.29, 1.82) is 0 Å². The van der Waals surface area contributed by atoms with E-state index in [1.807, 2.05) is 24.3 Å². The standard InChI is InChI=1S/C14H14ClFN2/c15-13-7-2-1-6-12(13)14(9-17)18-11-5-3-4-10(16)8-11/h1-8,14,18H,9,17H2. The van der Waals surface area contributed by atoms with Crippen molar-refractivity contribution in [2.24, 2.45) is 5.73 Å². The molecule has 94 valence electrons. The van der Waals surface area contributed by atoms with Gasteiger partial charge in [0.25, 0.3) is 0 Å². The van der Waals surface area contributed by atoms with Gasteiger partial charge in [0.05, 0.1) is 6.04 Å². The van der Waals surface area contributed by atoms with Crippen LogP contribution in [-0.4, -0.2) is 6.54 Å². The van der Waals surface area contributed by atoms with E-state index in [0.29, 0.717) is 17.3 Å². The quantitative estimate of drug-likeness (QED) is 0.886. The summed E-state index contributed by atoms with van der Waals surface area (Å²) < 4.78 is 13.1. The van der Waals surface area contributed by atoms with E-state index in [9.17, 15) is 4.39 Å². The zero-order valence-corrected chi connectivity index (χ0v) is 10.5. The Morgan fingerprint density at radius 3 is 2.61 bits per heavy atom. The molecule has 3 N–H and O–H groups in total. The number of nitrogens with two attached hydrogens (primary N) is 1. The molecule has 0 aliphatic carbocycles. The Bertz CT molecular complexity index is 531. The van der Waals surface area contributed by atoms with E-state index in [1.165, 1.54) is 12.1 Å². The molecule has 1 atom stereocenters. The lowest BCUT2D eigenvalue weighted by Crippen LogP contribution is -2.20. The van der Waals surface area contributed by atoms with Crippen LogP contribution in [-0.2, 0) is 0 Å². The largest absolute Gasteiger partial charge is 0.377 e. The number of benzene rings is 2. The molecule has 0 aliphatic heterocycles. The number of rotatable bonds is 4. The highest BCUT2D eigenvalue weighted by atomic mass is 35.5. The van der Waals surface area contributed by atoms with Crippen LogP contribution in [0.4, 0.5) is 10.1 Å². The molecule has 2 aromatic carbocycles. The van der Waals surface area contributed by atoms with Crippen LogP contribution in [0.15, 0.2) is 48.5 Å². The van der Waals surface area contributed by atoms with Crippen molar-refractivity contribution in [3.05, 3.63) is 64.9 Å². The Balaban J connectivity index is 2.23. The fourth-order valence-electron chi connectivity index (χ4n) is 1.80. The van der Waals surface area contributed by atoms with Crippen LogP contribution in [0.5, 0.6) is 0 Å². The molecule has 2 nitrogen and oxygen atoms in total. The third-order valence-corrected chi connectivity index (χ3v) is 3.03. The third kappa shape index (κ3) is 3.00. The molecular formula is C14H14ClFN2. The van der Waals surface area contributed by atoms with Crippen molar-refractivity contribution in [3.8, 4) is 0 Å². The van der Waals surface area contributed by atoms with Crippen LogP contribution in [0.25, 0.3) is 0 Å². The summed E-state index contributed by atoms with van der Waals surface area (Å²) in [6.45, 7) is 0.375. The maximum absolute atomic E-state index is 13.1. The topological polar surface area (TPSA) is 38.0 Å².